The Bertz CT molecular complexity index is 583. The Labute approximate surface area is 121 Å². The maximum atomic E-state index is 12.5. The molecule has 2 N–H and O–H groups in total. The molecular weight excluding hydrogens is 281 g/mol. The summed E-state index contributed by atoms with van der Waals surface area (Å²) in [4.78, 5) is 0. The zero-order valence-electron chi connectivity index (χ0n) is 11.8. The predicted octanol–water partition coefficient (Wildman–Crippen LogP) is 3.40. The standard InChI is InChI=1S/C15H17F3N2O/c1-10-3-4-11(2)20(10)19-9-14(21)12-5-7-13(8-6-12)15(16,17)18/h3-8,14,19,21H,9H2,1-2H3. The van der Waals surface area contributed by atoms with Gasteiger partial charge in [0.05, 0.1) is 18.2 Å². The molecule has 2 aromatic rings. The summed E-state index contributed by atoms with van der Waals surface area (Å²) in [6, 6.07) is 8.42. The zero-order chi connectivity index (χ0) is 15.6. The van der Waals surface area contributed by atoms with Crippen molar-refractivity contribution in [2.24, 2.45) is 0 Å². The molecule has 2 rings (SSSR count). The summed E-state index contributed by atoms with van der Waals surface area (Å²) in [6.07, 6.45) is -5.24. The molecule has 6 heteroatoms. The summed E-state index contributed by atoms with van der Waals surface area (Å²) in [5, 5.41) is 10.0. The third kappa shape index (κ3) is 3.58. The van der Waals surface area contributed by atoms with Crippen molar-refractivity contribution < 1.29 is 18.3 Å². The van der Waals surface area contributed by atoms with Crippen molar-refractivity contribution in [3.63, 3.8) is 0 Å². The van der Waals surface area contributed by atoms with Gasteiger partial charge in [0.15, 0.2) is 0 Å². The Kier molecular flexibility index (Phi) is 4.27. The van der Waals surface area contributed by atoms with Gasteiger partial charge in [-0.25, -0.2) is 0 Å². The molecule has 0 aliphatic rings. The number of alkyl halides is 3. The first-order valence-corrected chi connectivity index (χ1v) is 6.53. The molecule has 1 aromatic carbocycles. The summed E-state index contributed by atoms with van der Waals surface area (Å²) >= 11 is 0. The van der Waals surface area contributed by atoms with E-state index in [0.717, 1.165) is 23.5 Å². The van der Waals surface area contributed by atoms with Gasteiger partial charge in [0, 0.05) is 11.4 Å². The first-order valence-electron chi connectivity index (χ1n) is 6.53. The first-order chi connectivity index (χ1) is 9.79. The van der Waals surface area contributed by atoms with Gasteiger partial charge in [0.25, 0.3) is 0 Å². The Morgan fingerprint density at radius 3 is 2.05 bits per heavy atom. The van der Waals surface area contributed by atoms with Crippen LogP contribution in [0.3, 0.4) is 0 Å². The van der Waals surface area contributed by atoms with Crippen LogP contribution in [0.25, 0.3) is 0 Å². The lowest BCUT2D eigenvalue weighted by Crippen LogP contribution is -2.23. The number of aryl methyl sites for hydroxylation is 2. The van der Waals surface area contributed by atoms with Crippen LogP contribution in [0.15, 0.2) is 36.4 Å². The minimum absolute atomic E-state index is 0.210. The number of aliphatic hydroxyl groups is 1. The Hall–Kier alpha value is -1.95. The average molecular weight is 298 g/mol. The van der Waals surface area contributed by atoms with Gasteiger partial charge in [0.2, 0.25) is 0 Å². The number of hydrogen-bond donors (Lipinski definition) is 2. The summed E-state index contributed by atoms with van der Waals surface area (Å²) < 4.78 is 39.2. The van der Waals surface area contributed by atoms with Crippen LogP contribution in [-0.4, -0.2) is 16.3 Å². The number of nitrogens with one attached hydrogen (secondary N) is 1. The van der Waals surface area contributed by atoms with Gasteiger partial charge < -0.3 is 10.5 Å². The van der Waals surface area contributed by atoms with Crippen LogP contribution in [0.5, 0.6) is 0 Å². The average Bonchev–Trinajstić information content (AvgIpc) is 2.75. The van der Waals surface area contributed by atoms with Crippen LogP contribution >= 0.6 is 0 Å². The highest BCUT2D eigenvalue weighted by atomic mass is 19.4. The molecule has 0 saturated heterocycles. The molecule has 1 atom stereocenters. The maximum Gasteiger partial charge on any atom is 0.416 e. The van der Waals surface area contributed by atoms with E-state index in [1.165, 1.54) is 12.1 Å². The summed E-state index contributed by atoms with van der Waals surface area (Å²) in [5.74, 6) is 0. The topological polar surface area (TPSA) is 37.2 Å². The highest BCUT2D eigenvalue weighted by Gasteiger charge is 2.30. The molecule has 0 aliphatic heterocycles. The lowest BCUT2D eigenvalue weighted by molar-refractivity contribution is -0.137. The predicted molar refractivity (Wildman–Crippen MR) is 74.5 cm³/mol. The number of aromatic nitrogens is 1. The van der Waals surface area contributed by atoms with E-state index in [1.54, 1.807) is 0 Å². The van der Waals surface area contributed by atoms with Crippen molar-refractivity contribution in [1.29, 1.82) is 0 Å². The molecule has 0 radical (unpaired) electrons. The summed E-state index contributed by atoms with van der Waals surface area (Å²) in [6.45, 7) is 4.05. The second-order valence-corrected chi connectivity index (χ2v) is 4.95. The Morgan fingerprint density at radius 2 is 1.57 bits per heavy atom. The smallest absolute Gasteiger partial charge is 0.387 e. The number of nitrogens with zero attached hydrogens (tertiary/aromatic N) is 1. The summed E-state index contributed by atoms with van der Waals surface area (Å²) in [5.41, 5.74) is 4.76. The fraction of sp³-hybridized carbons (Fsp3) is 0.333. The largest absolute Gasteiger partial charge is 0.416 e. The maximum absolute atomic E-state index is 12.5. The SMILES string of the molecule is Cc1ccc(C)n1NCC(O)c1ccc(C(F)(F)F)cc1. The van der Waals surface area contributed by atoms with Crippen LogP contribution in [0, 0.1) is 13.8 Å². The minimum Gasteiger partial charge on any atom is -0.387 e. The van der Waals surface area contributed by atoms with E-state index in [1.807, 2.05) is 30.7 Å². The van der Waals surface area contributed by atoms with E-state index in [2.05, 4.69) is 5.43 Å². The molecule has 0 bridgehead atoms. The molecule has 0 saturated carbocycles. The van der Waals surface area contributed by atoms with Crippen molar-refractivity contribution in [3.05, 3.63) is 58.9 Å². The fourth-order valence-corrected chi connectivity index (χ4v) is 2.11. The molecule has 1 aromatic heterocycles. The Morgan fingerprint density at radius 1 is 1.05 bits per heavy atom. The molecule has 3 nitrogen and oxygen atoms in total. The highest BCUT2D eigenvalue weighted by Crippen LogP contribution is 2.29. The van der Waals surface area contributed by atoms with Crippen molar-refractivity contribution in [3.8, 4) is 0 Å². The second-order valence-electron chi connectivity index (χ2n) is 4.95. The number of hydrogen-bond acceptors (Lipinski definition) is 2. The van der Waals surface area contributed by atoms with Crippen LogP contribution in [0.1, 0.15) is 28.6 Å². The third-order valence-electron chi connectivity index (χ3n) is 3.34. The number of benzene rings is 1. The quantitative estimate of drug-likeness (QED) is 0.907. The van der Waals surface area contributed by atoms with Crippen LogP contribution in [0.4, 0.5) is 13.2 Å². The lowest BCUT2D eigenvalue weighted by atomic mass is 10.1. The normalized spacial score (nSPS) is 13.2. The van der Waals surface area contributed by atoms with Crippen molar-refractivity contribution in [2.45, 2.75) is 26.1 Å². The highest BCUT2D eigenvalue weighted by molar-refractivity contribution is 5.26. The van der Waals surface area contributed by atoms with Gasteiger partial charge in [-0.3, -0.25) is 4.68 Å². The molecule has 21 heavy (non-hydrogen) atoms. The van der Waals surface area contributed by atoms with Crippen LogP contribution in [0.2, 0.25) is 0 Å². The minimum atomic E-state index is -4.36. The van der Waals surface area contributed by atoms with Crippen molar-refractivity contribution in [1.82, 2.24) is 4.68 Å². The summed E-state index contributed by atoms with van der Waals surface area (Å²) in [7, 11) is 0. The monoisotopic (exact) mass is 298 g/mol. The molecule has 0 fully saturated rings. The van der Waals surface area contributed by atoms with Gasteiger partial charge in [-0.1, -0.05) is 12.1 Å². The zero-order valence-corrected chi connectivity index (χ0v) is 11.8. The molecule has 114 valence electrons. The molecular formula is C15H17F3N2O. The third-order valence-corrected chi connectivity index (χ3v) is 3.34. The van der Waals surface area contributed by atoms with Gasteiger partial charge in [0.1, 0.15) is 0 Å². The molecule has 0 spiro atoms. The van der Waals surface area contributed by atoms with E-state index >= 15 is 0 Å². The van der Waals surface area contributed by atoms with E-state index in [4.69, 9.17) is 0 Å². The molecule has 1 heterocycles. The van der Waals surface area contributed by atoms with Gasteiger partial charge in [-0.05, 0) is 43.7 Å². The molecule has 0 amide bonds. The van der Waals surface area contributed by atoms with Crippen molar-refractivity contribution in [2.75, 3.05) is 12.0 Å². The fourth-order valence-electron chi connectivity index (χ4n) is 2.11. The second kappa shape index (κ2) is 5.81. The molecule has 0 aliphatic carbocycles. The van der Waals surface area contributed by atoms with E-state index < -0.39 is 17.8 Å². The van der Waals surface area contributed by atoms with Gasteiger partial charge in [-0.2, -0.15) is 13.2 Å². The van der Waals surface area contributed by atoms with Crippen LogP contribution < -0.4 is 5.43 Å². The lowest BCUT2D eigenvalue weighted by Gasteiger charge is -2.17. The van der Waals surface area contributed by atoms with Gasteiger partial charge in [-0.15, -0.1) is 0 Å². The Balaban J connectivity index is 2.02. The van der Waals surface area contributed by atoms with E-state index in [0.29, 0.717) is 5.56 Å². The van der Waals surface area contributed by atoms with E-state index in [-0.39, 0.29) is 6.54 Å². The van der Waals surface area contributed by atoms with Gasteiger partial charge >= 0.3 is 6.18 Å². The van der Waals surface area contributed by atoms with Crippen LogP contribution in [-0.2, 0) is 6.18 Å². The first kappa shape index (κ1) is 15.4. The number of aliphatic hydroxyl groups excluding tert-OH is 1. The number of rotatable bonds is 4. The number of halogens is 3. The van der Waals surface area contributed by atoms with Crippen molar-refractivity contribution >= 4 is 0 Å². The molecule has 1 unspecified atom stereocenters. The van der Waals surface area contributed by atoms with E-state index in [9.17, 15) is 18.3 Å².